The van der Waals surface area contributed by atoms with Gasteiger partial charge in [0.25, 0.3) is 0 Å². The largest absolute Gasteiger partial charge is 0.489 e. The summed E-state index contributed by atoms with van der Waals surface area (Å²) in [7, 11) is 0. The molecule has 8 heteroatoms. The number of hydrogen-bond donors (Lipinski definition) is 0. The Morgan fingerprint density at radius 1 is 1.18 bits per heavy atom. The second-order valence-electron chi connectivity index (χ2n) is 11.1. The molecule has 2 heterocycles. The number of allylic oxidation sites excluding steroid dienone is 2. The van der Waals surface area contributed by atoms with E-state index in [0.29, 0.717) is 0 Å². The Bertz CT molecular complexity index is 1460. The van der Waals surface area contributed by atoms with Gasteiger partial charge in [-0.05, 0) is 80.0 Å². The quantitative estimate of drug-likeness (QED) is 0.245. The molecule has 0 unspecified atom stereocenters. The Morgan fingerprint density at radius 2 is 1.98 bits per heavy atom. The van der Waals surface area contributed by atoms with E-state index in [-0.39, 0.29) is 23.9 Å². The minimum Gasteiger partial charge on any atom is -0.489 e. The van der Waals surface area contributed by atoms with E-state index in [2.05, 4.69) is 85.4 Å². The van der Waals surface area contributed by atoms with Crippen LogP contribution >= 0.6 is 23.0 Å². The number of aromatic nitrogens is 3. The number of nitrogens with zero attached hydrogens (tertiary/aromatic N) is 4. The lowest BCUT2D eigenvalue weighted by Gasteiger charge is -2.27. The molecule has 2 aromatic carbocycles. The molecule has 40 heavy (non-hydrogen) atoms. The lowest BCUT2D eigenvalue weighted by molar-refractivity contribution is -0.135. The molecule has 212 valence electrons. The van der Waals surface area contributed by atoms with E-state index in [0.717, 1.165) is 78.9 Å². The van der Waals surface area contributed by atoms with Crippen molar-refractivity contribution in [3.05, 3.63) is 81.6 Å². The molecule has 1 saturated heterocycles. The van der Waals surface area contributed by atoms with Crippen molar-refractivity contribution in [3.63, 3.8) is 0 Å². The first-order chi connectivity index (χ1) is 19.3. The Labute approximate surface area is 251 Å². The molecule has 3 aromatic rings. The molecule has 2 aliphatic rings. The summed E-state index contributed by atoms with van der Waals surface area (Å²) < 4.78 is 13.5. The molecule has 1 aliphatic heterocycles. The number of ether oxygens (including phenoxy) is 1. The number of fused-ring (bicyclic) bond motifs is 2. The maximum absolute atomic E-state index is 12.9. The molecule has 3 atom stereocenters. The van der Waals surface area contributed by atoms with Crippen molar-refractivity contribution in [1.29, 1.82) is 0 Å². The van der Waals surface area contributed by atoms with E-state index in [9.17, 15) is 4.79 Å². The molecule has 5 rings (SSSR count). The van der Waals surface area contributed by atoms with Crippen LogP contribution in [0.15, 0.2) is 53.8 Å². The zero-order chi connectivity index (χ0) is 28.4. The number of hydrogen-bond acceptors (Lipinski definition) is 6. The molecule has 1 aromatic heterocycles. The van der Waals surface area contributed by atoms with Crippen molar-refractivity contribution >= 4 is 40.0 Å². The average Bonchev–Trinajstić information content (AvgIpc) is 3.30. The van der Waals surface area contributed by atoms with E-state index < -0.39 is 0 Å². The van der Waals surface area contributed by atoms with Crippen molar-refractivity contribution in [2.45, 2.75) is 79.0 Å². The van der Waals surface area contributed by atoms with Crippen LogP contribution < -0.4 is 0 Å². The van der Waals surface area contributed by atoms with Crippen molar-refractivity contribution < 1.29 is 12.6 Å². The third-order valence-electron chi connectivity index (χ3n) is 8.50. The van der Waals surface area contributed by atoms with Crippen LogP contribution in [0.1, 0.15) is 73.8 Å². The van der Waals surface area contributed by atoms with E-state index in [4.69, 9.17) is 7.80 Å². The Balaban J connectivity index is 1.53. The van der Waals surface area contributed by atoms with Gasteiger partial charge < -0.3 is 7.80 Å². The predicted molar refractivity (Wildman–Crippen MR) is 166 cm³/mol. The first-order valence-electron chi connectivity index (χ1n) is 14.4. The SMILES string of the molecule is CC[C@@H]1CN(Cc2cc([C@H](c3ccc4c(nnn4CC)c3C)[C@H](C)C(=O)OI)ccc2C)CC2=CCCC=C2O1. The molecule has 0 amide bonds. The monoisotopic (exact) mass is 654 g/mol. The smallest absolute Gasteiger partial charge is 0.319 e. The van der Waals surface area contributed by atoms with Gasteiger partial charge in [0, 0.05) is 37.7 Å². The van der Waals surface area contributed by atoms with Crippen LogP contribution in [0.2, 0.25) is 0 Å². The van der Waals surface area contributed by atoms with Gasteiger partial charge in [0.1, 0.15) is 17.4 Å². The van der Waals surface area contributed by atoms with Crippen LogP contribution in [0.3, 0.4) is 0 Å². The number of carbonyl (C=O) groups is 1. The number of halogens is 1. The summed E-state index contributed by atoms with van der Waals surface area (Å²) in [5.41, 5.74) is 8.95. The number of carbonyl (C=O) groups excluding carboxylic acids is 1. The van der Waals surface area contributed by atoms with Gasteiger partial charge in [0.15, 0.2) is 23.0 Å². The fraction of sp³-hybridized carbons (Fsp3) is 0.469. The molecule has 1 fully saturated rings. The third kappa shape index (κ3) is 5.70. The highest BCUT2D eigenvalue weighted by Crippen LogP contribution is 2.38. The zero-order valence-electron chi connectivity index (χ0n) is 24.1. The summed E-state index contributed by atoms with van der Waals surface area (Å²) in [5.74, 6) is 0.289. The Hall–Kier alpha value is -2.72. The molecule has 0 spiro atoms. The minimum absolute atomic E-state index is 0.177. The van der Waals surface area contributed by atoms with Gasteiger partial charge in [0.05, 0.1) is 11.4 Å². The Kier molecular flexibility index (Phi) is 8.95. The van der Waals surface area contributed by atoms with Crippen molar-refractivity contribution in [2.75, 3.05) is 13.1 Å². The summed E-state index contributed by atoms with van der Waals surface area (Å²) in [4.78, 5) is 15.4. The molecule has 0 radical (unpaired) electrons. The van der Waals surface area contributed by atoms with Gasteiger partial charge in [-0.3, -0.25) is 9.69 Å². The lowest BCUT2D eigenvalue weighted by atomic mass is 9.79. The summed E-state index contributed by atoms with van der Waals surface area (Å²) in [6.07, 6.45) is 7.87. The molecular formula is C32H39IN4O3. The summed E-state index contributed by atoms with van der Waals surface area (Å²) in [6, 6.07) is 10.9. The van der Waals surface area contributed by atoms with Crippen LogP contribution in [0.4, 0.5) is 0 Å². The zero-order valence-corrected chi connectivity index (χ0v) is 26.3. The van der Waals surface area contributed by atoms with Crippen molar-refractivity contribution in [2.24, 2.45) is 5.92 Å². The first-order valence-corrected chi connectivity index (χ1v) is 15.3. The predicted octanol–water partition coefficient (Wildman–Crippen LogP) is 6.94. The van der Waals surface area contributed by atoms with Crippen LogP contribution in [0.5, 0.6) is 0 Å². The normalized spacial score (nSPS) is 19.2. The fourth-order valence-corrected chi connectivity index (χ4v) is 6.51. The van der Waals surface area contributed by atoms with E-state index in [1.54, 1.807) is 23.0 Å². The second-order valence-corrected chi connectivity index (χ2v) is 11.5. The lowest BCUT2D eigenvalue weighted by Crippen LogP contribution is -2.31. The molecule has 0 saturated carbocycles. The highest BCUT2D eigenvalue weighted by molar-refractivity contribution is 14.1. The molecule has 7 nitrogen and oxygen atoms in total. The number of rotatable bonds is 8. The van der Waals surface area contributed by atoms with Crippen LogP contribution in [-0.4, -0.2) is 45.1 Å². The van der Waals surface area contributed by atoms with Gasteiger partial charge in [-0.1, -0.05) is 49.4 Å². The maximum Gasteiger partial charge on any atom is 0.319 e. The minimum atomic E-state index is -0.374. The van der Waals surface area contributed by atoms with E-state index in [1.807, 2.05) is 11.6 Å². The molecular weight excluding hydrogens is 615 g/mol. The van der Waals surface area contributed by atoms with Crippen LogP contribution in [0.25, 0.3) is 11.0 Å². The van der Waals surface area contributed by atoms with Gasteiger partial charge in [-0.25, -0.2) is 4.68 Å². The molecule has 0 N–H and O–H groups in total. The van der Waals surface area contributed by atoms with Crippen LogP contribution in [0, 0.1) is 19.8 Å². The maximum atomic E-state index is 12.9. The molecule has 1 aliphatic carbocycles. The summed E-state index contributed by atoms with van der Waals surface area (Å²) in [5, 5.41) is 8.82. The second kappa shape index (κ2) is 12.4. The van der Waals surface area contributed by atoms with E-state index >= 15 is 0 Å². The number of benzene rings is 2. The highest BCUT2D eigenvalue weighted by atomic mass is 127. The standard InChI is InChI=1S/C32H39IN4O3/c1-6-26-19-36(17-24-10-8-9-11-29(24)39-26)18-25-16-23(13-12-20(25)3)30(22(5)32(38)40-33)27-14-15-28-31(21(27)4)34-35-37(28)7-2/h10-16,22,26,30H,6-9,17-19H2,1-5H3/t22-,26+,30+/m0/s1. The number of aryl methyl sites for hydroxylation is 3. The van der Waals surface area contributed by atoms with Gasteiger partial charge >= 0.3 is 5.97 Å². The molecule has 0 bridgehead atoms. The summed E-state index contributed by atoms with van der Waals surface area (Å²) in [6.45, 7) is 13.8. The first kappa shape index (κ1) is 28.8. The van der Waals surface area contributed by atoms with Crippen molar-refractivity contribution in [3.8, 4) is 0 Å². The average molecular weight is 655 g/mol. The van der Waals surface area contributed by atoms with Gasteiger partial charge in [0.2, 0.25) is 0 Å². The van der Waals surface area contributed by atoms with Crippen LogP contribution in [-0.2, 0) is 25.7 Å². The third-order valence-corrected chi connectivity index (χ3v) is 8.93. The fourth-order valence-electron chi connectivity index (χ4n) is 6.11. The Morgan fingerprint density at radius 3 is 2.73 bits per heavy atom. The van der Waals surface area contributed by atoms with Gasteiger partial charge in [-0.2, -0.15) is 0 Å². The highest BCUT2D eigenvalue weighted by Gasteiger charge is 2.31. The topological polar surface area (TPSA) is 69.5 Å². The van der Waals surface area contributed by atoms with Crippen molar-refractivity contribution in [1.82, 2.24) is 19.9 Å². The summed E-state index contributed by atoms with van der Waals surface area (Å²) >= 11 is 1.70. The van der Waals surface area contributed by atoms with E-state index in [1.165, 1.54) is 16.7 Å². The van der Waals surface area contributed by atoms with Gasteiger partial charge in [-0.15, -0.1) is 5.10 Å².